The second-order valence-electron chi connectivity index (χ2n) is 5.44. The maximum atomic E-state index is 13.5. The van der Waals surface area contributed by atoms with Gasteiger partial charge in [-0.1, -0.05) is 18.2 Å². The van der Waals surface area contributed by atoms with Crippen molar-refractivity contribution in [3.8, 4) is 0 Å². The van der Waals surface area contributed by atoms with E-state index in [1.165, 1.54) is 42.5 Å². The number of carbonyl (C=O) groups excluding carboxylic acids is 1. The molecule has 2 aromatic carbocycles. The zero-order chi connectivity index (χ0) is 19.4. The molecule has 0 saturated heterocycles. The molecule has 2 N–H and O–H groups in total. The summed E-state index contributed by atoms with van der Waals surface area (Å²) in [4.78, 5) is 12.1. The summed E-state index contributed by atoms with van der Waals surface area (Å²) in [5.41, 5.74) is -0.715. The highest BCUT2D eigenvalue weighted by atomic mass is 19.4. The average molecular weight is 376 g/mol. The van der Waals surface area contributed by atoms with E-state index in [2.05, 4.69) is 20.8 Å². The molecule has 1 amide bonds. The van der Waals surface area contributed by atoms with Gasteiger partial charge in [-0.3, -0.25) is 4.79 Å². The smallest absolute Gasteiger partial charge is 0.339 e. The highest BCUT2D eigenvalue weighted by molar-refractivity contribution is 6.02. The van der Waals surface area contributed by atoms with Crippen molar-refractivity contribution >= 4 is 23.1 Å². The fourth-order valence-corrected chi connectivity index (χ4v) is 2.19. The summed E-state index contributed by atoms with van der Waals surface area (Å²) in [5, 5.41) is 12.5. The number of nitrogens with zero attached hydrogens (tertiary/aromatic N) is 2. The average Bonchev–Trinajstić information content (AvgIpc) is 2.64. The second-order valence-corrected chi connectivity index (χ2v) is 5.44. The topological polar surface area (TPSA) is 66.9 Å². The van der Waals surface area contributed by atoms with E-state index in [0.717, 1.165) is 12.1 Å². The van der Waals surface area contributed by atoms with Crippen molar-refractivity contribution in [3.63, 3.8) is 0 Å². The van der Waals surface area contributed by atoms with Gasteiger partial charge in [0.15, 0.2) is 11.5 Å². The molecule has 138 valence electrons. The second kappa shape index (κ2) is 7.40. The number of rotatable bonds is 4. The number of nitrogens with one attached hydrogen (secondary N) is 2. The molecule has 27 heavy (non-hydrogen) atoms. The van der Waals surface area contributed by atoms with Crippen LogP contribution in [0.5, 0.6) is 0 Å². The van der Waals surface area contributed by atoms with E-state index in [9.17, 15) is 22.4 Å². The molecule has 3 rings (SSSR count). The number of halogens is 4. The lowest BCUT2D eigenvalue weighted by molar-refractivity contribution is -0.137. The van der Waals surface area contributed by atoms with E-state index < -0.39 is 23.5 Å². The minimum Gasteiger partial charge on any atom is -0.339 e. The summed E-state index contributed by atoms with van der Waals surface area (Å²) in [5.74, 6) is -1.11. The van der Waals surface area contributed by atoms with Gasteiger partial charge in [0.25, 0.3) is 5.91 Å². The first-order valence-electron chi connectivity index (χ1n) is 7.67. The van der Waals surface area contributed by atoms with Gasteiger partial charge in [0.1, 0.15) is 5.82 Å². The van der Waals surface area contributed by atoms with Crippen molar-refractivity contribution in [2.24, 2.45) is 0 Å². The Bertz CT molecular complexity index is 958. The molecular weight excluding hydrogens is 364 g/mol. The van der Waals surface area contributed by atoms with Crippen LogP contribution in [0.25, 0.3) is 0 Å². The first-order chi connectivity index (χ1) is 12.8. The molecular formula is C18H12F4N4O. The first kappa shape index (κ1) is 18.3. The van der Waals surface area contributed by atoms with Crippen LogP contribution in [0.3, 0.4) is 0 Å². The molecule has 0 aliphatic carbocycles. The molecule has 0 spiro atoms. The van der Waals surface area contributed by atoms with Crippen LogP contribution in [-0.2, 0) is 6.18 Å². The van der Waals surface area contributed by atoms with Crippen molar-refractivity contribution in [1.29, 1.82) is 0 Å². The number of hydrogen-bond donors (Lipinski definition) is 2. The van der Waals surface area contributed by atoms with E-state index in [1.807, 2.05) is 0 Å². The van der Waals surface area contributed by atoms with Crippen LogP contribution in [0.4, 0.5) is 34.8 Å². The predicted molar refractivity (Wildman–Crippen MR) is 91.1 cm³/mol. The van der Waals surface area contributed by atoms with Gasteiger partial charge in [-0.2, -0.15) is 13.2 Å². The monoisotopic (exact) mass is 376 g/mol. The highest BCUT2D eigenvalue weighted by Gasteiger charge is 2.30. The zero-order valence-electron chi connectivity index (χ0n) is 13.6. The highest BCUT2D eigenvalue weighted by Crippen LogP contribution is 2.31. The van der Waals surface area contributed by atoms with E-state index in [1.54, 1.807) is 6.07 Å². The maximum absolute atomic E-state index is 13.5. The van der Waals surface area contributed by atoms with Gasteiger partial charge in [-0.05, 0) is 42.5 Å². The quantitative estimate of drug-likeness (QED) is 0.652. The van der Waals surface area contributed by atoms with Crippen LogP contribution in [0, 0.1) is 5.82 Å². The third-order valence-electron chi connectivity index (χ3n) is 3.48. The van der Waals surface area contributed by atoms with Crippen LogP contribution >= 0.6 is 0 Å². The van der Waals surface area contributed by atoms with Crippen LogP contribution in [0.2, 0.25) is 0 Å². The molecule has 5 nitrogen and oxygen atoms in total. The van der Waals surface area contributed by atoms with Crippen LogP contribution in [0.1, 0.15) is 16.1 Å². The number of aromatic nitrogens is 2. The van der Waals surface area contributed by atoms with Gasteiger partial charge in [0, 0.05) is 5.69 Å². The van der Waals surface area contributed by atoms with E-state index in [4.69, 9.17) is 0 Å². The third-order valence-corrected chi connectivity index (χ3v) is 3.48. The van der Waals surface area contributed by atoms with Gasteiger partial charge in [0.2, 0.25) is 0 Å². The van der Waals surface area contributed by atoms with Gasteiger partial charge in [-0.15, -0.1) is 10.2 Å². The molecule has 0 atom stereocenters. The lowest BCUT2D eigenvalue weighted by Gasteiger charge is -2.10. The number of amides is 1. The van der Waals surface area contributed by atoms with Crippen LogP contribution in [0.15, 0.2) is 60.7 Å². The Balaban J connectivity index is 1.70. The van der Waals surface area contributed by atoms with Gasteiger partial charge in [-0.25, -0.2) is 4.39 Å². The minimum absolute atomic E-state index is 0.00420. The Morgan fingerprint density at radius 2 is 1.70 bits per heavy atom. The Morgan fingerprint density at radius 3 is 2.37 bits per heavy atom. The fraction of sp³-hybridized carbons (Fsp3) is 0.0556. The Kier molecular flexibility index (Phi) is 5.02. The SMILES string of the molecule is O=C(Nc1ccccc1F)c1ccc(Nc2cccc(C(F)(F)F)c2)nn1. The normalized spacial score (nSPS) is 11.1. The van der Waals surface area contributed by atoms with Gasteiger partial charge < -0.3 is 10.6 Å². The van der Waals surface area contributed by atoms with E-state index >= 15 is 0 Å². The molecule has 3 aromatic rings. The van der Waals surface area contributed by atoms with Gasteiger partial charge >= 0.3 is 6.18 Å². The van der Waals surface area contributed by atoms with Crippen molar-refractivity contribution in [3.05, 3.63) is 77.7 Å². The zero-order valence-corrected chi connectivity index (χ0v) is 13.6. The molecule has 9 heteroatoms. The number of para-hydroxylation sites is 1. The molecule has 0 unspecified atom stereocenters. The van der Waals surface area contributed by atoms with Gasteiger partial charge in [0.05, 0.1) is 11.3 Å². The molecule has 0 bridgehead atoms. The fourth-order valence-electron chi connectivity index (χ4n) is 2.19. The third kappa shape index (κ3) is 4.57. The molecule has 0 saturated carbocycles. The summed E-state index contributed by atoms with van der Waals surface area (Å²) in [7, 11) is 0. The summed E-state index contributed by atoms with van der Waals surface area (Å²) in [6, 6.07) is 12.9. The lowest BCUT2D eigenvalue weighted by Crippen LogP contribution is -2.15. The molecule has 0 fully saturated rings. The summed E-state index contributed by atoms with van der Waals surface area (Å²) >= 11 is 0. The van der Waals surface area contributed by atoms with Crippen LogP contribution in [-0.4, -0.2) is 16.1 Å². The molecule has 0 radical (unpaired) electrons. The minimum atomic E-state index is -4.46. The Labute approximate surface area is 151 Å². The molecule has 1 heterocycles. The number of hydrogen-bond acceptors (Lipinski definition) is 4. The number of alkyl halides is 3. The molecule has 1 aromatic heterocycles. The maximum Gasteiger partial charge on any atom is 0.416 e. The van der Waals surface area contributed by atoms with E-state index in [0.29, 0.717) is 0 Å². The summed E-state index contributed by atoms with van der Waals surface area (Å²) in [6.45, 7) is 0. The van der Waals surface area contributed by atoms with E-state index in [-0.39, 0.29) is 22.9 Å². The van der Waals surface area contributed by atoms with Crippen molar-refractivity contribution in [2.75, 3.05) is 10.6 Å². The largest absolute Gasteiger partial charge is 0.416 e. The van der Waals surface area contributed by atoms with Crippen LogP contribution < -0.4 is 10.6 Å². The number of benzene rings is 2. The molecule has 0 aliphatic rings. The predicted octanol–water partition coefficient (Wildman–Crippen LogP) is 4.63. The number of carbonyl (C=O) groups is 1. The van der Waals surface area contributed by atoms with Crippen molar-refractivity contribution < 1.29 is 22.4 Å². The Morgan fingerprint density at radius 1 is 0.926 bits per heavy atom. The Hall–Kier alpha value is -3.49. The first-order valence-corrected chi connectivity index (χ1v) is 7.67. The summed E-state index contributed by atoms with van der Waals surface area (Å²) < 4.78 is 51.7. The number of anilines is 3. The lowest BCUT2D eigenvalue weighted by atomic mass is 10.2. The summed E-state index contributed by atoms with van der Waals surface area (Å²) in [6.07, 6.45) is -4.46. The van der Waals surface area contributed by atoms with Crippen molar-refractivity contribution in [2.45, 2.75) is 6.18 Å². The standard InChI is InChI=1S/C18H12F4N4O/c19-13-6-1-2-7-14(13)24-17(27)15-8-9-16(26-25-15)23-12-5-3-4-11(10-12)18(20,21)22/h1-10H,(H,23,26)(H,24,27). The molecule has 0 aliphatic heterocycles. The van der Waals surface area contributed by atoms with Crippen molar-refractivity contribution in [1.82, 2.24) is 10.2 Å².